The van der Waals surface area contributed by atoms with E-state index >= 15 is 0 Å². The van der Waals surface area contributed by atoms with Crippen molar-refractivity contribution in [3.63, 3.8) is 0 Å². The normalized spacial score (nSPS) is 14.8. The lowest BCUT2D eigenvalue weighted by molar-refractivity contribution is 0.367. The number of nitrogens with two attached hydrogens (primary N) is 1. The van der Waals surface area contributed by atoms with E-state index in [-0.39, 0.29) is 12.0 Å². The first-order valence-corrected chi connectivity index (χ1v) is 8.08. The molecule has 0 aliphatic carbocycles. The number of nitrogen functional groups attached to an aromatic ring is 1. The molecule has 1 atom stereocenters. The zero-order chi connectivity index (χ0) is 17.2. The summed E-state index contributed by atoms with van der Waals surface area (Å²) in [6.07, 6.45) is 2.53. The largest absolute Gasteiger partial charge is 0.368 e. The number of nitrogens with zero attached hydrogens (tertiary/aromatic N) is 5. The van der Waals surface area contributed by atoms with Crippen LogP contribution in [0.2, 0.25) is 0 Å². The van der Waals surface area contributed by atoms with Crippen LogP contribution in [0.5, 0.6) is 0 Å². The van der Waals surface area contributed by atoms with Gasteiger partial charge in [0.15, 0.2) is 0 Å². The summed E-state index contributed by atoms with van der Waals surface area (Å²) in [5.74, 6) is 1.88. The van der Waals surface area contributed by atoms with Crippen LogP contribution in [-0.4, -0.2) is 31.6 Å². The summed E-state index contributed by atoms with van der Waals surface area (Å²) >= 11 is 0. The Morgan fingerprint density at radius 1 is 1.28 bits per heavy atom. The number of rotatable bonds is 4. The summed E-state index contributed by atoms with van der Waals surface area (Å²) in [6, 6.07) is 5.33. The third-order valence-electron chi connectivity index (χ3n) is 4.01. The fourth-order valence-electron chi connectivity index (χ4n) is 2.77. The first-order valence-electron chi connectivity index (χ1n) is 8.08. The molecule has 0 bridgehead atoms. The van der Waals surface area contributed by atoms with Gasteiger partial charge in [-0.05, 0) is 32.0 Å². The molecule has 3 aromatic rings. The zero-order valence-electron chi connectivity index (χ0n) is 13.7. The van der Waals surface area contributed by atoms with Crippen molar-refractivity contribution in [2.45, 2.75) is 25.9 Å². The molecule has 25 heavy (non-hydrogen) atoms. The Balaban J connectivity index is 1.58. The molecule has 0 saturated carbocycles. The van der Waals surface area contributed by atoms with E-state index in [2.05, 4.69) is 35.7 Å². The molecule has 4 heterocycles. The van der Waals surface area contributed by atoms with E-state index in [1.807, 2.05) is 25.1 Å². The van der Waals surface area contributed by atoms with E-state index in [0.29, 0.717) is 29.8 Å². The Labute approximate surface area is 144 Å². The summed E-state index contributed by atoms with van der Waals surface area (Å²) in [6.45, 7) is 3.50. The number of hydrogen-bond donors (Lipinski definition) is 3. The Bertz CT molecular complexity index is 879. The van der Waals surface area contributed by atoms with Crippen molar-refractivity contribution in [3.05, 3.63) is 41.5 Å². The fraction of sp³-hybridized carbons (Fsp3) is 0.312. The number of pyridine rings is 1. The lowest BCUT2D eigenvalue weighted by Crippen LogP contribution is -2.27. The maximum Gasteiger partial charge on any atom is 0.249 e. The first-order chi connectivity index (χ1) is 12.2. The Hall–Kier alpha value is -3.07. The van der Waals surface area contributed by atoms with E-state index < -0.39 is 0 Å². The summed E-state index contributed by atoms with van der Waals surface area (Å²) < 4.78 is 5.38. The van der Waals surface area contributed by atoms with E-state index in [1.165, 1.54) is 0 Å². The molecule has 0 spiro atoms. The average Bonchev–Trinajstić information content (AvgIpc) is 3.12. The van der Waals surface area contributed by atoms with Crippen LogP contribution in [0.1, 0.15) is 30.1 Å². The molecule has 1 aliphatic rings. The molecule has 3 aromatic heterocycles. The molecule has 0 fully saturated rings. The molecule has 4 rings (SSSR count). The van der Waals surface area contributed by atoms with Gasteiger partial charge in [-0.1, -0.05) is 11.2 Å². The van der Waals surface area contributed by atoms with Gasteiger partial charge in [0, 0.05) is 18.3 Å². The van der Waals surface area contributed by atoms with Crippen LogP contribution >= 0.6 is 0 Å². The highest BCUT2D eigenvalue weighted by atomic mass is 16.5. The summed E-state index contributed by atoms with van der Waals surface area (Å²) in [4.78, 5) is 17.3. The lowest BCUT2D eigenvalue weighted by Gasteiger charge is -2.21. The maximum atomic E-state index is 5.83. The molecule has 0 radical (unpaired) electrons. The molecule has 0 amide bonds. The number of anilines is 2. The number of nitrogens with one attached hydrogen (secondary N) is 2. The molecule has 128 valence electrons. The fourth-order valence-corrected chi connectivity index (χ4v) is 2.77. The number of fused-ring (bicyclic) bond motifs is 1. The summed E-state index contributed by atoms with van der Waals surface area (Å²) in [7, 11) is 0. The highest BCUT2D eigenvalue weighted by Crippen LogP contribution is 2.25. The van der Waals surface area contributed by atoms with E-state index in [4.69, 9.17) is 10.3 Å². The van der Waals surface area contributed by atoms with E-state index in [1.54, 1.807) is 6.20 Å². The topological polar surface area (TPSA) is 128 Å². The molecule has 9 nitrogen and oxygen atoms in total. The van der Waals surface area contributed by atoms with Gasteiger partial charge >= 0.3 is 0 Å². The number of aromatic nitrogens is 5. The lowest BCUT2D eigenvalue weighted by atomic mass is 10.1. The van der Waals surface area contributed by atoms with Gasteiger partial charge in [-0.25, -0.2) is 4.98 Å². The van der Waals surface area contributed by atoms with Crippen molar-refractivity contribution in [2.24, 2.45) is 0 Å². The van der Waals surface area contributed by atoms with Gasteiger partial charge in [0.05, 0.1) is 5.69 Å². The third kappa shape index (κ3) is 3.13. The quantitative estimate of drug-likeness (QED) is 0.645. The molecule has 9 heteroatoms. The zero-order valence-corrected chi connectivity index (χ0v) is 13.7. The molecule has 0 saturated heterocycles. The minimum atomic E-state index is -0.224. The summed E-state index contributed by atoms with van der Waals surface area (Å²) in [5.41, 5.74) is 8.49. The second kappa shape index (κ2) is 6.44. The van der Waals surface area contributed by atoms with Crippen LogP contribution < -0.4 is 16.4 Å². The number of hydrogen-bond acceptors (Lipinski definition) is 9. The predicted molar refractivity (Wildman–Crippen MR) is 91.4 cm³/mol. The Morgan fingerprint density at radius 3 is 3.04 bits per heavy atom. The second-order valence-corrected chi connectivity index (χ2v) is 5.82. The van der Waals surface area contributed by atoms with Crippen LogP contribution in [0, 0.1) is 0 Å². The van der Waals surface area contributed by atoms with Gasteiger partial charge in [-0.3, -0.25) is 4.98 Å². The van der Waals surface area contributed by atoms with Gasteiger partial charge in [0.2, 0.25) is 17.7 Å². The SMILES string of the molecule is C[C@H](Nc1nc(N)nc2c1CCNC2)c1nc(-c2ccccn2)no1. The minimum Gasteiger partial charge on any atom is -0.368 e. The van der Waals surface area contributed by atoms with Crippen LogP contribution in [0.3, 0.4) is 0 Å². The van der Waals surface area contributed by atoms with Gasteiger partial charge in [-0.2, -0.15) is 9.97 Å². The van der Waals surface area contributed by atoms with Crippen LogP contribution in [-0.2, 0) is 13.0 Å². The van der Waals surface area contributed by atoms with Crippen molar-refractivity contribution in [2.75, 3.05) is 17.6 Å². The van der Waals surface area contributed by atoms with Gasteiger partial charge in [0.1, 0.15) is 17.6 Å². The van der Waals surface area contributed by atoms with Crippen molar-refractivity contribution in [1.29, 1.82) is 0 Å². The van der Waals surface area contributed by atoms with Crippen molar-refractivity contribution < 1.29 is 4.52 Å². The monoisotopic (exact) mass is 338 g/mol. The molecule has 4 N–H and O–H groups in total. The molecule has 0 unspecified atom stereocenters. The first kappa shape index (κ1) is 15.5. The minimum absolute atomic E-state index is 0.224. The van der Waals surface area contributed by atoms with Crippen molar-refractivity contribution in [3.8, 4) is 11.5 Å². The van der Waals surface area contributed by atoms with Gasteiger partial charge < -0.3 is 20.9 Å². The smallest absolute Gasteiger partial charge is 0.249 e. The van der Waals surface area contributed by atoms with Gasteiger partial charge in [-0.15, -0.1) is 0 Å². The van der Waals surface area contributed by atoms with E-state index in [9.17, 15) is 0 Å². The standard InChI is InChI=1S/C16H18N8O/c1-9(15-22-14(24-25-15)11-4-2-3-6-19-11)20-13-10-5-7-18-8-12(10)21-16(17)23-13/h2-4,6,9,18H,5,7-8H2,1H3,(H3,17,20,21,23)/t9-/m0/s1. The highest BCUT2D eigenvalue weighted by molar-refractivity contribution is 5.52. The summed E-state index contributed by atoms with van der Waals surface area (Å²) in [5, 5.41) is 10.6. The van der Waals surface area contributed by atoms with Crippen LogP contribution in [0.15, 0.2) is 28.9 Å². The average molecular weight is 338 g/mol. The van der Waals surface area contributed by atoms with Crippen LogP contribution in [0.4, 0.5) is 11.8 Å². The van der Waals surface area contributed by atoms with Gasteiger partial charge in [0.25, 0.3) is 0 Å². The molecule has 0 aromatic carbocycles. The molecule has 1 aliphatic heterocycles. The highest BCUT2D eigenvalue weighted by Gasteiger charge is 2.21. The van der Waals surface area contributed by atoms with Crippen molar-refractivity contribution in [1.82, 2.24) is 30.4 Å². The van der Waals surface area contributed by atoms with Crippen LogP contribution in [0.25, 0.3) is 11.5 Å². The third-order valence-corrected chi connectivity index (χ3v) is 4.01. The maximum absolute atomic E-state index is 5.83. The molecular formula is C16H18N8O. The predicted octanol–water partition coefficient (Wildman–Crippen LogP) is 1.32. The second-order valence-electron chi connectivity index (χ2n) is 5.82. The Kier molecular flexibility index (Phi) is 3.98. The Morgan fingerprint density at radius 2 is 2.20 bits per heavy atom. The molecular weight excluding hydrogens is 320 g/mol. The van der Waals surface area contributed by atoms with E-state index in [0.717, 1.165) is 24.2 Å². The van der Waals surface area contributed by atoms with Crippen molar-refractivity contribution >= 4 is 11.8 Å².